The van der Waals surface area contributed by atoms with E-state index in [1.807, 2.05) is 19.9 Å². The fourth-order valence-electron chi connectivity index (χ4n) is 2.54. The standard InChI is InChI=1S/C16H17N5O4/c1-7-5-10(9(3)24-7)12-6-11(14(22)19-20-16(23)17-4)13-8(2)21-25-15(13)18-12/h5-6H,1-4H3,(H,19,22)(H2,17,20,23). The largest absolute Gasteiger partial charge is 0.466 e. The van der Waals surface area contributed by atoms with Crippen LogP contribution < -0.4 is 16.2 Å². The lowest BCUT2D eigenvalue weighted by Crippen LogP contribution is -2.45. The third-order valence-corrected chi connectivity index (χ3v) is 3.70. The van der Waals surface area contributed by atoms with Crippen LogP contribution in [0.1, 0.15) is 27.6 Å². The molecule has 0 radical (unpaired) electrons. The van der Waals surface area contributed by atoms with E-state index in [1.54, 1.807) is 13.0 Å². The second-order valence-corrected chi connectivity index (χ2v) is 5.49. The molecule has 0 aliphatic carbocycles. The molecular weight excluding hydrogens is 326 g/mol. The monoisotopic (exact) mass is 343 g/mol. The van der Waals surface area contributed by atoms with Crippen molar-refractivity contribution >= 4 is 23.0 Å². The Hall–Kier alpha value is -3.36. The quantitative estimate of drug-likeness (QED) is 0.612. The fraction of sp³-hybridized carbons (Fsp3) is 0.250. The Kier molecular flexibility index (Phi) is 4.14. The molecule has 0 atom stereocenters. The van der Waals surface area contributed by atoms with Gasteiger partial charge in [0.1, 0.15) is 11.5 Å². The normalized spacial score (nSPS) is 10.7. The van der Waals surface area contributed by atoms with Gasteiger partial charge in [-0.25, -0.2) is 15.2 Å². The number of amides is 3. The lowest BCUT2D eigenvalue weighted by molar-refractivity contribution is 0.0938. The number of carbonyl (C=O) groups is 2. The van der Waals surface area contributed by atoms with Crippen molar-refractivity contribution in [2.45, 2.75) is 20.8 Å². The van der Waals surface area contributed by atoms with Gasteiger partial charge in [0.25, 0.3) is 11.6 Å². The van der Waals surface area contributed by atoms with Gasteiger partial charge in [-0.15, -0.1) is 0 Å². The van der Waals surface area contributed by atoms with Crippen LogP contribution in [0.5, 0.6) is 0 Å². The molecular formula is C16H17N5O4. The number of urea groups is 1. The van der Waals surface area contributed by atoms with E-state index < -0.39 is 11.9 Å². The number of nitrogens with one attached hydrogen (secondary N) is 3. The summed E-state index contributed by atoms with van der Waals surface area (Å²) in [5.41, 5.74) is 6.89. The molecule has 0 aliphatic heterocycles. The number of hydrazine groups is 1. The number of hydrogen-bond donors (Lipinski definition) is 3. The smallest absolute Gasteiger partial charge is 0.333 e. The second-order valence-electron chi connectivity index (χ2n) is 5.49. The maximum absolute atomic E-state index is 12.5. The first-order valence-electron chi connectivity index (χ1n) is 7.53. The van der Waals surface area contributed by atoms with E-state index in [0.717, 1.165) is 11.3 Å². The van der Waals surface area contributed by atoms with Crippen molar-refractivity contribution in [3.8, 4) is 11.3 Å². The number of furan rings is 1. The van der Waals surface area contributed by atoms with Gasteiger partial charge in [0, 0.05) is 12.6 Å². The van der Waals surface area contributed by atoms with Crippen molar-refractivity contribution in [1.29, 1.82) is 0 Å². The van der Waals surface area contributed by atoms with Gasteiger partial charge in [-0.1, -0.05) is 5.16 Å². The van der Waals surface area contributed by atoms with Crippen molar-refractivity contribution in [2.75, 3.05) is 7.05 Å². The van der Waals surface area contributed by atoms with Crippen LogP contribution in [0.15, 0.2) is 21.1 Å². The molecule has 0 aromatic carbocycles. The van der Waals surface area contributed by atoms with Crippen molar-refractivity contribution < 1.29 is 18.5 Å². The predicted octanol–water partition coefficient (Wildman–Crippen LogP) is 1.98. The number of fused-ring (bicyclic) bond motifs is 1. The Labute approximate surface area is 142 Å². The van der Waals surface area contributed by atoms with Crippen molar-refractivity contribution in [2.24, 2.45) is 0 Å². The molecule has 3 aromatic rings. The zero-order chi connectivity index (χ0) is 18.1. The molecule has 0 saturated carbocycles. The number of hydrogen-bond acceptors (Lipinski definition) is 6. The number of nitrogens with zero attached hydrogens (tertiary/aromatic N) is 2. The Bertz CT molecular complexity index is 972. The molecule has 3 N–H and O–H groups in total. The van der Waals surface area contributed by atoms with Crippen LogP contribution in [0.3, 0.4) is 0 Å². The summed E-state index contributed by atoms with van der Waals surface area (Å²) in [6.45, 7) is 5.35. The first-order chi connectivity index (χ1) is 11.9. The van der Waals surface area contributed by atoms with Gasteiger partial charge in [-0.05, 0) is 32.9 Å². The first-order valence-corrected chi connectivity index (χ1v) is 7.53. The number of rotatable bonds is 2. The number of aryl methyl sites for hydroxylation is 3. The number of aromatic nitrogens is 2. The molecule has 0 fully saturated rings. The van der Waals surface area contributed by atoms with Crippen LogP contribution >= 0.6 is 0 Å². The maximum Gasteiger partial charge on any atom is 0.333 e. The lowest BCUT2D eigenvalue weighted by Gasteiger charge is -2.08. The van der Waals surface area contributed by atoms with Gasteiger partial charge in [0.2, 0.25) is 0 Å². The van der Waals surface area contributed by atoms with Crippen LogP contribution in [0.2, 0.25) is 0 Å². The van der Waals surface area contributed by atoms with Crippen molar-refractivity contribution in [3.05, 3.63) is 34.9 Å². The highest BCUT2D eigenvalue weighted by molar-refractivity contribution is 6.07. The van der Waals surface area contributed by atoms with Gasteiger partial charge in [-0.2, -0.15) is 0 Å². The van der Waals surface area contributed by atoms with E-state index in [9.17, 15) is 9.59 Å². The summed E-state index contributed by atoms with van der Waals surface area (Å²) in [5, 5.41) is 6.70. The molecule has 3 heterocycles. The molecule has 0 spiro atoms. The van der Waals surface area contributed by atoms with Crippen LogP contribution in [-0.4, -0.2) is 29.1 Å². The zero-order valence-electron chi connectivity index (χ0n) is 14.2. The fourth-order valence-corrected chi connectivity index (χ4v) is 2.54. The highest BCUT2D eigenvalue weighted by atomic mass is 16.5. The molecule has 0 aliphatic rings. The first kappa shape index (κ1) is 16.5. The van der Waals surface area contributed by atoms with Crippen LogP contribution in [0.25, 0.3) is 22.4 Å². The van der Waals surface area contributed by atoms with Crippen molar-refractivity contribution in [3.63, 3.8) is 0 Å². The van der Waals surface area contributed by atoms with Gasteiger partial charge < -0.3 is 14.3 Å². The molecule has 9 heteroatoms. The average Bonchev–Trinajstić information content (AvgIpc) is 3.13. The van der Waals surface area contributed by atoms with E-state index in [1.165, 1.54) is 7.05 Å². The average molecular weight is 343 g/mol. The summed E-state index contributed by atoms with van der Waals surface area (Å²) in [5.74, 6) is 0.896. The van der Waals surface area contributed by atoms with E-state index in [0.29, 0.717) is 22.5 Å². The molecule has 130 valence electrons. The molecule has 0 bridgehead atoms. The van der Waals surface area contributed by atoms with E-state index >= 15 is 0 Å². The second kappa shape index (κ2) is 6.27. The number of carbonyl (C=O) groups excluding carboxylic acids is 2. The van der Waals surface area contributed by atoms with E-state index in [2.05, 4.69) is 26.3 Å². The van der Waals surface area contributed by atoms with Gasteiger partial charge >= 0.3 is 6.03 Å². The third kappa shape index (κ3) is 3.03. The molecule has 25 heavy (non-hydrogen) atoms. The molecule has 9 nitrogen and oxygen atoms in total. The molecule has 3 aromatic heterocycles. The Morgan fingerprint density at radius 2 is 1.88 bits per heavy atom. The minimum absolute atomic E-state index is 0.235. The minimum Gasteiger partial charge on any atom is -0.466 e. The summed E-state index contributed by atoms with van der Waals surface area (Å²) in [7, 11) is 1.44. The highest BCUT2D eigenvalue weighted by Crippen LogP contribution is 2.30. The Morgan fingerprint density at radius 3 is 2.52 bits per heavy atom. The van der Waals surface area contributed by atoms with Crippen LogP contribution in [0, 0.1) is 20.8 Å². The zero-order valence-corrected chi connectivity index (χ0v) is 14.2. The lowest BCUT2D eigenvalue weighted by atomic mass is 10.1. The van der Waals surface area contributed by atoms with Crippen molar-refractivity contribution in [1.82, 2.24) is 26.3 Å². The third-order valence-electron chi connectivity index (χ3n) is 3.70. The Balaban J connectivity index is 2.09. The minimum atomic E-state index is -0.540. The van der Waals surface area contributed by atoms with Crippen LogP contribution in [-0.2, 0) is 0 Å². The summed E-state index contributed by atoms with van der Waals surface area (Å²) in [6.07, 6.45) is 0. The summed E-state index contributed by atoms with van der Waals surface area (Å²) < 4.78 is 10.8. The van der Waals surface area contributed by atoms with Crippen LogP contribution in [0.4, 0.5) is 4.79 Å². The molecule has 0 unspecified atom stereocenters. The molecule has 3 amide bonds. The van der Waals surface area contributed by atoms with Gasteiger partial charge in [0.15, 0.2) is 0 Å². The van der Waals surface area contributed by atoms with Gasteiger partial charge in [-0.3, -0.25) is 10.2 Å². The van der Waals surface area contributed by atoms with E-state index in [-0.39, 0.29) is 11.3 Å². The predicted molar refractivity (Wildman–Crippen MR) is 88.8 cm³/mol. The SMILES string of the molecule is CNC(=O)NNC(=O)c1cc(-c2cc(C)oc2C)nc2onc(C)c12. The number of pyridine rings is 1. The molecule has 0 saturated heterocycles. The highest BCUT2D eigenvalue weighted by Gasteiger charge is 2.21. The van der Waals surface area contributed by atoms with Gasteiger partial charge in [0.05, 0.1) is 22.3 Å². The Morgan fingerprint density at radius 1 is 1.12 bits per heavy atom. The van der Waals surface area contributed by atoms with E-state index in [4.69, 9.17) is 8.94 Å². The summed E-state index contributed by atoms with van der Waals surface area (Å²) >= 11 is 0. The molecule has 3 rings (SSSR count). The topological polar surface area (TPSA) is 122 Å². The summed E-state index contributed by atoms with van der Waals surface area (Å²) in [4.78, 5) is 28.2. The maximum atomic E-state index is 12.5. The summed E-state index contributed by atoms with van der Waals surface area (Å²) in [6, 6.07) is 2.91.